The highest BCUT2D eigenvalue weighted by Crippen LogP contribution is 2.38. The second-order valence-electron chi connectivity index (χ2n) is 5.80. The minimum atomic E-state index is 0. The Kier molecular flexibility index (Phi) is 3.94. The minimum absolute atomic E-state index is 0. The van der Waals surface area contributed by atoms with Crippen LogP contribution in [0, 0.1) is 5.41 Å². The molecule has 0 bridgehead atoms. The summed E-state index contributed by atoms with van der Waals surface area (Å²) in [7, 11) is 0. The van der Waals surface area contributed by atoms with Crippen LogP contribution >= 0.6 is 12.4 Å². The third-order valence-corrected chi connectivity index (χ3v) is 3.91. The second kappa shape index (κ2) is 5.15. The zero-order chi connectivity index (χ0) is 11.9. The summed E-state index contributed by atoms with van der Waals surface area (Å²) in [6, 6.07) is 0. The Morgan fingerprint density at radius 3 is 2.89 bits per heavy atom. The molecule has 1 aliphatic carbocycles. The van der Waals surface area contributed by atoms with Gasteiger partial charge in [-0.3, -0.25) is 4.90 Å². The highest BCUT2D eigenvalue weighted by Gasteiger charge is 2.34. The fourth-order valence-electron chi connectivity index (χ4n) is 2.46. The van der Waals surface area contributed by atoms with Crippen molar-refractivity contribution in [3.05, 3.63) is 11.7 Å². The Hall–Kier alpha value is -0.650. The summed E-state index contributed by atoms with van der Waals surface area (Å²) in [4.78, 5) is 6.82. The Bertz CT molecular complexity index is 407. The molecule has 1 aliphatic heterocycles. The van der Waals surface area contributed by atoms with Gasteiger partial charge in [0, 0.05) is 12.5 Å². The summed E-state index contributed by atoms with van der Waals surface area (Å²) in [6.45, 7) is 5.88. The molecule has 0 radical (unpaired) electrons. The summed E-state index contributed by atoms with van der Waals surface area (Å²) in [5, 5.41) is 4.04. The van der Waals surface area contributed by atoms with E-state index in [1.807, 2.05) is 0 Å². The van der Waals surface area contributed by atoms with Crippen LogP contribution in [0.5, 0.6) is 0 Å². The van der Waals surface area contributed by atoms with Crippen LogP contribution in [0.2, 0.25) is 0 Å². The van der Waals surface area contributed by atoms with Crippen molar-refractivity contribution in [2.75, 3.05) is 19.6 Å². The van der Waals surface area contributed by atoms with E-state index in [1.54, 1.807) is 0 Å². The van der Waals surface area contributed by atoms with Crippen LogP contribution in [0.3, 0.4) is 0 Å². The van der Waals surface area contributed by atoms with Gasteiger partial charge in [-0.1, -0.05) is 12.1 Å². The van der Waals surface area contributed by atoms with Crippen molar-refractivity contribution < 1.29 is 4.52 Å². The van der Waals surface area contributed by atoms with Crippen molar-refractivity contribution >= 4 is 12.4 Å². The maximum absolute atomic E-state index is 5.80. The Morgan fingerprint density at radius 2 is 2.28 bits per heavy atom. The Labute approximate surface area is 114 Å². The number of aromatic nitrogens is 2. The third-order valence-electron chi connectivity index (χ3n) is 3.91. The van der Waals surface area contributed by atoms with Crippen molar-refractivity contribution in [2.24, 2.45) is 11.1 Å². The van der Waals surface area contributed by atoms with E-state index >= 15 is 0 Å². The molecular weight excluding hydrogens is 252 g/mol. The van der Waals surface area contributed by atoms with Gasteiger partial charge < -0.3 is 10.3 Å². The lowest BCUT2D eigenvalue weighted by molar-refractivity contribution is 0.238. The van der Waals surface area contributed by atoms with E-state index in [1.165, 1.54) is 12.8 Å². The monoisotopic (exact) mass is 272 g/mol. The predicted molar refractivity (Wildman–Crippen MR) is 70.6 cm³/mol. The normalized spacial score (nSPS) is 28.3. The molecule has 2 N–H and O–H groups in total. The molecule has 18 heavy (non-hydrogen) atoms. The molecule has 1 atom stereocenters. The molecule has 0 spiro atoms. The van der Waals surface area contributed by atoms with Gasteiger partial charge in [-0.2, -0.15) is 4.98 Å². The lowest BCUT2D eigenvalue weighted by Gasteiger charge is -2.21. The van der Waals surface area contributed by atoms with Crippen LogP contribution in [-0.2, 0) is 6.54 Å². The van der Waals surface area contributed by atoms with E-state index in [-0.39, 0.29) is 17.8 Å². The first-order valence-electron chi connectivity index (χ1n) is 6.43. The SMILES string of the molecule is CC1(CN)CCN(Cc2nc(C3CC3)no2)C1.Cl. The Morgan fingerprint density at radius 1 is 1.50 bits per heavy atom. The highest BCUT2D eigenvalue weighted by molar-refractivity contribution is 5.85. The van der Waals surface area contributed by atoms with Crippen LogP contribution < -0.4 is 5.73 Å². The quantitative estimate of drug-likeness (QED) is 0.900. The summed E-state index contributed by atoms with van der Waals surface area (Å²) in [6.07, 6.45) is 3.59. The molecule has 2 heterocycles. The zero-order valence-corrected chi connectivity index (χ0v) is 11.6. The maximum atomic E-state index is 5.80. The van der Waals surface area contributed by atoms with E-state index in [9.17, 15) is 0 Å². The highest BCUT2D eigenvalue weighted by atomic mass is 35.5. The lowest BCUT2D eigenvalue weighted by atomic mass is 9.90. The number of likely N-dealkylation sites (tertiary alicyclic amines) is 1. The fourth-order valence-corrected chi connectivity index (χ4v) is 2.46. The standard InChI is InChI=1S/C12H20N4O.ClH/c1-12(7-13)4-5-16(8-12)6-10-14-11(15-17-10)9-2-3-9;/h9H,2-8,13H2,1H3;1H. The summed E-state index contributed by atoms with van der Waals surface area (Å²) < 4.78 is 5.30. The van der Waals surface area contributed by atoms with Gasteiger partial charge in [0.25, 0.3) is 0 Å². The third kappa shape index (κ3) is 2.84. The second-order valence-corrected chi connectivity index (χ2v) is 5.80. The topological polar surface area (TPSA) is 68.2 Å². The van der Waals surface area contributed by atoms with Crippen LogP contribution in [0.4, 0.5) is 0 Å². The van der Waals surface area contributed by atoms with Crippen molar-refractivity contribution in [1.82, 2.24) is 15.0 Å². The van der Waals surface area contributed by atoms with Gasteiger partial charge >= 0.3 is 0 Å². The van der Waals surface area contributed by atoms with E-state index in [0.29, 0.717) is 5.92 Å². The molecular formula is C12H21ClN4O. The molecule has 1 unspecified atom stereocenters. The molecule has 0 aromatic carbocycles. The predicted octanol–water partition coefficient (Wildman–Crippen LogP) is 1.54. The van der Waals surface area contributed by atoms with Crippen molar-refractivity contribution in [3.8, 4) is 0 Å². The van der Waals surface area contributed by atoms with Gasteiger partial charge in [-0.05, 0) is 37.8 Å². The molecule has 102 valence electrons. The lowest BCUT2D eigenvalue weighted by Crippen LogP contribution is -2.31. The molecule has 2 aliphatic rings. The zero-order valence-electron chi connectivity index (χ0n) is 10.8. The van der Waals surface area contributed by atoms with Crippen molar-refractivity contribution in [1.29, 1.82) is 0 Å². The molecule has 1 saturated carbocycles. The van der Waals surface area contributed by atoms with E-state index in [4.69, 9.17) is 10.3 Å². The van der Waals surface area contributed by atoms with E-state index < -0.39 is 0 Å². The average molecular weight is 273 g/mol. The van der Waals surface area contributed by atoms with Gasteiger partial charge in [0.2, 0.25) is 5.89 Å². The molecule has 5 nitrogen and oxygen atoms in total. The maximum Gasteiger partial charge on any atom is 0.240 e. The summed E-state index contributed by atoms with van der Waals surface area (Å²) in [5.74, 6) is 2.23. The molecule has 0 amide bonds. The summed E-state index contributed by atoms with van der Waals surface area (Å²) in [5.41, 5.74) is 6.06. The molecule has 3 rings (SSSR count). The number of halogens is 1. The molecule has 6 heteroatoms. The van der Waals surface area contributed by atoms with Crippen molar-refractivity contribution in [2.45, 2.75) is 38.6 Å². The number of rotatable bonds is 4. The van der Waals surface area contributed by atoms with Gasteiger partial charge in [0.05, 0.1) is 6.54 Å². The van der Waals surface area contributed by atoms with Crippen LogP contribution in [0.1, 0.15) is 43.8 Å². The van der Waals surface area contributed by atoms with Crippen LogP contribution in [0.15, 0.2) is 4.52 Å². The first-order chi connectivity index (χ1) is 8.18. The number of hydrogen-bond acceptors (Lipinski definition) is 5. The van der Waals surface area contributed by atoms with Gasteiger partial charge in [-0.15, -0.1) is 12.4 Å². The van der Waals surface area contributed by atoms with E-state index in [0.717, 1.165) is 44.3 Å². The first-order valence-corrected chi connectivity index (χ1v) is 6.43. The molecule has 1 aromatic rings. The summed E-state index contributed by atoms with van der Waals surface area (Å²) >= 11 is 0. The number of nitrogens with two attached hydrogens (primary N) is 1. The van der Waals surface area contributed by atoms with Gasteiger partial charge in [0.1, 0.15) is 0 Å². The first kappa shape index (κ1) is 13.8. The fraction of sp³-hybridized carbons (Fsp3) is 0.833. The van der Waals surface area contributed by atoms with Gasteiger partial charge in [-0.25, -0.2) is 0 Å². The molecule has 2 fully saturated rings. The smallest absolute Gasteiger partial charge is 0.240 e. The molecule has 1 saturated heterocycles. The minimum Gasteiger partial charge on any atom is -0.338 e. The van der Waals surface area contributed by atoms with E-state index in [2.05, 4.69) is 22.0 Å². The van der Waals surface area contributed by atoms with Crippen LogP contribution in [0.25, 0.3) is 0 Å². The number of nitrogens with zero attached hydrogens (tertiary/aromatic N) is 3. The van der Waals surface area contributed by atoms with Crippen molar-refractivity contribution in [3.63, 3.8) is 0 Å². The van der Waals surface area contributed by atoms with Gasteiger partial charge in [0.15, 0.2) is 5.82 Å². The average Bonchev–Trinajstić information content (AvgIpc) is 2.97. The van der Waals surface area contributed by atoms with Crippen LogP contribution in [-0.4, -0.2) is 34.7 Å². The Balaban J connectivity index is 0.00000120. The largest absolute Gasteiger partial charge is 0.338 e. The molecule has 1 aromatic heterocycles. The number of hydrogen-bond donors (Lipinski definition) is 1.